The van der Waals surface area contributed by atoms with Gasteiger partial charge in [0, 0.05) is 12.3 Å². The molecule has 0 aliphatic rings. The number of nitrogens with one attached hydrogen (secondary N) is 1. The fraction of sp³-hybridized carbons (Fsp3) is 0. The van der Waals surface area contributed by atoms with Gasteiger partial charge in [0.15, 0.2) is 4.77 Å². The van der Waals surface area contributed by atoms with Crippen LogP contribution in [0.3, 0.4) is 0 Å². The maximum atomic E-state index is 10.6. The molecule has 1 rings (SSSR count). The summed E-state index contributed by atoms with van der Waals surface area (Å²) >= 11 is 4.62. The first-order chi connectivity index (χ1) is 4.22. The third-order valence-corrected chi connectivity index (χ3v) is 1.20. The Kier molecular flexibility index (Phi) is 1.35. The van der Waals surface area contributed by atoms with Crippen molar-refractivity contribution >= 4 is 12.2 Å². The number of rotatable bonds is 0. The maximum Gasteiger partial charge on any atom is 0.272 e. The van der Waals surface area contributed by atoms with Crippen molar-refractivity contribution in [2.75, 3.05) is 5.84 Å². The Labute approximate surface area is 55.9 Å². The van der Waals surface area contributed by atoms with Gasteiger partial charge in [0.25, 0.3) is 5.56 Å². The van der Waals surface area contributed by atoms with Crippen LogP contribution in [0.25, 0.3) is 0 Å². The van der Waals surface area contributed by atoms with Gasteiger partial charge in [-0.3, -0.25) is 4.79 Å². The Morgan fingerprint density at radius 3 is 2.89 bits per heavy atom. The lowest BCUT2D eigenvalue weighted by Crippen LogP contribution is -2.27. The standard InChI is InChI=1S/C4H5N3OS/c5-7-3(8)1-2-6-4(7)9/h1-2H,5H2,(H,6,9). The molecule has 0 saturated carbocycles. The highest BCUT2D eigenvalue weighted by Gasteiger charge is 1.86. The number of nitrogens with two attached hydrogens (primary N) is 1. The van der Waals surface area contributed by atoms with Gasteiger partial charge in [-0.2, -0.15) is 4.68 Å². The summed E-state index contributed by atoms with van der Waals surface area (Å²) in [5, 5.41) is 0. The number of nitrogens with zero attached hydrogens (tertiary/aromatic N) is 1. The molecule has 0 aliphatic heterocycles. The molecular formula is C4H5N3OS. The van der Waals surface area contributed by atoms with Crippen molar-refractivity contribution in [3.8, 4) is 0 Å². The first kappa shape index (κ1) is 6.03. The van der Waals surface area contributed by atoms with E-state index in [2.05, 4.69) is 17.2 Å². The van der Waals surface area contributed by atoms with Crippen LogP contribution in [-0.2, 0) is 0 Å². The van der Waals surface area contributed by atoms with Crippen molar-refractivity contribution in [1.82, 2.24) is 9.66 Å². The van der Waals surface area contributed by atoms with Crippen LogP contribution in [-0.4, -0.2) is 9.66 Å². The molecule has 1 aromatic heterocycles. The van der Waals surface area contributed by atoms with Gasteiger partial charge in [-0.05, 0) is 12.2 Å². The third kappa shape index (κ3) is 0.996. The number of aromatic nitrogens is 2. The number of nitrogen functional groups attached to an aromatic ring is 1. The minimum Gasteiger partial charge on any atom is -0.337 e. The van der Waals surface area contributed by atoms with Gasteiger partial charge in [-0.1, -0.05) is 0 Å². The minimum atomic E-state index is -0.307. The van der Waals surface area contributed by atoms with E-state index in [-0.39, 0.29) is 10.3 Å². The Balaban J connectivity index is 3.62. The Hall–Kier alpha value is -1.10. The van der Waals surface area contributed by atoms with Crippen molar-refractivity contribution < 1.29 is 0 Å². The molecule has 0 saturated heterocycles. The van der Waals surface area contributed by atoms with Gasteiger partial charge in [0.05, 0.1) is 0 Å². The monoisotopic (exact) mass is 143 g/mol. The van der Waals surface area contributed by atoms with Crippen molar-refractivity contribution in [3.63, 3.8) is 0 Å². The summed E-state index contributed by atoms with van der Waals surface area (Å²) in [6.07, 6.45) is 1.45. The predicted octanol–water partition coefficient (Wildman–Crippen LogP) is -0.380. The van der Waals surface area contributed by atoms with E-state index in [0.717, 1.165) is 4.68 Å². The van der Waals surface area contributed by atoms with Crippen LogP contribution in [0.15, 0.2) is 17.1 Å². The van der Waals surface area contributed by atoms with Gasteiger partial charge < -0.3 is 10.8 Å². The second-order valence-corrected chi connectivity index (χ2v) is 1.88. The molecule has 0 aliphatic carbocycles. The molecule has 9 heavy (non-hydrogen) atoms. The summed E-state index contributed by atoms with van der Waals surface area (Å²) in [5.74, 6) is 5.15. The molecule has 0 aromatic carbocycles. The van der Waals surface area contributed by atoms with Crippen LogP contribution >= 0.6 is 12.2 Å². The second-order valence-electron chi connectivity index (χ2n) is 1.49. The summed E-state index contributed by atoms with van der Waals surface area (Å²) in [6.45, 7) is 0. The maximum absolute atomic E-state index is 10.6. The largest absolute Gasteiger partial charge is 0.337 e. The average molecular weight is 143 g/mol. The molecule has 0 atom stereocenters. The quantitative estimate of drug-likeness (QED) is 0.384. The van der Waals surface area contributed by atoms with E-state index in [9.17, 15) is 4.79 Å². The Bertz CT molecular complexity index is 284. The molecule has 1 aromatic rings. The fourth-order valence-electron chi connectivity index (χ4n) is 0.434. The molecular weight excluding hydrogens is 138 g/mol. The first-order valence-corrected chi connectivity index (χ1v) is 2.68. The van der Waals surface area contributed by atoms with Crippen molar-refractivity contribution in [2.24, 2.45) is 0 Å². The third-order valence-electron chi connectivity index (χ3n) is 0.889. The van der Waals surface area contributed by atoms with E-state index >= 15 is 0 Å². The van der Waals surface area contributed by atoms with Crippen molar-refractivity contribution in [1.29, 1.82) is 0 Å². The van der Waals surface area contributed by atoms with Crippen LogP contribution in [0.2, 0.25) is 0 Å². The highest BCUT2D eigenvalue weighted by Crippen LogP contribution is 1.71. The van der Waals surface area contributed by atoms with E-state index in [0.29, 0.717) is 0 Å². The molecule has 0 fully saturated rings. The summed E-state index contributed by atoms with van der Waals surface area (Å²) < 4.78 is 1.09. The molecule has 0 bridgehead atoms. The highest BCUT2D eigenvalue weighted by molar-refractivity contribution is 7.71. The van der Waals surface area contributed by atoms with Gasteiger partial charge >= 0.3 is 0 Å². The normalized spacial score (nSPS) is 9.33. The number of H-pyrrole nitrogens is 1. The molecule has 48 valence electrons. The summed E-state index contributed by atoms with van der Waals surface area (Å²) in [7, 11) is 0. The molecule has 0 unspecified atom stereocenters. The summed E-state index contributed by atoms with van der Waals surface area (Å²) in [4.78, 5) is 13.2. The smallest absolute Gasteiger partial charge is 0.272 e. The van der Waals surface area contributed by atoms with E-state index < -0.39 is 0 Å². The highest BCUT2D eigenvalue weighted by atomic mass is 32.1. The van der Waals surface area contributed by atoms with Crippen molar-refractivity contribution in [3.05, 3.63) is 27.4 Å². The minimum absolute atomic E-state index is 0.225. The number of hydrogen-bond acceptors (Lipinski definition) is 3. The van der Waals surface area contributed by atoms with Crippen LogP contribution in [0.1, 0.15) is 0 Å². The first-order valence-electron chi connectivity index (χ1n) is 2.27. The topological polar surface area (TPSA) is 63.8 Å². The average Bonchev–Trinajstić information content (AvgIpc) is 1.83. The van der Waals surface area contributed by atoms with Crippen LogP contribution in [0, 0.1) is 4.77 Å². The van der Waals surface area contributed by atoms with Gasteiger partial charge in [0.1, 0.15) is 0 Å². The SMILES string of the molecule is Nn1c(=O)cc[nH]c1=S. The second kappa shape index (κ2) is 2.02. The lowest BCUT2D eigenvalue weighted by molar-refractivity contribution is 0.868. The van der Waals surface area contributed by atoms with Crippen LogP contribution in [0.5, 0.6) is 0 Å². The molecule has 4 nitrogen and oxygen atoms in total. The van der Waals surface area contributed by atoms with Gasteiger partial charge in [0.2, 0.25) is 0 Å². The van der Waals surface area contributed by atoms with Crippen LogP contribution < -0.4 is 11.4 Å². The molecule has 1 heterocycles. The molecule has 0 amide bonds. The predicted molar refractivity (Wildman–Crippen MR) is 36.0 cm³/mol. The van der Waals surface area contributed by atoms with Gasteiger partial charge in [-0.25, -0.2) is 0 Å². The zero-order valence-corrected chi connectivity index (χ0v) is 5.31. The molecule has 0 spiro atoms. The van der Waals surface area contributed by atoms with E-state index in [1.165, 1.54) is 12.3 Å². The lowest BCUT2D eigenvalue weighted by Gasteiger charge is -1.92. The molecule has 0 radical (unpaired) electrons. The lowest BCUT2D eigenvalue weighted by atomic mass is 10.7. The van der Waals surface area contributed by atoms with E-state index in [1.807, 2.05) is 0 Å². The number of hydrogen-bond donors (Lipinski definition) is 2. The molecule has 3 N–H and O–H groups in total. The van der Waals surface area contributed by atoms with E-state index in [1.54, 1.807) is 0 Å². The Morgan fingerprint density at radius 2 is 2.44 bits per heavy atom. The summed E-state index contributed by atoms with van der Waals surface area (Å²) in [6, 6.07) is 1.30. The molecule has 5 heteroatoms. The Morgan fingerprint density at radius 1 is 1.78 bits per heavy atom. The fourth-order valence-corrected chi connectivity index (χ4v) is 0.592. The van der Waals surface area contributed by atoms with Crippen molar-refractivity contribution in [2.45, 2.75) is 0 Å². The zero-order valence-electron chi connectivity index (χ0n) is 4.50. The zero-order chi connectivity index (χ0) is 6.85. The van der Waals surface area contributed by atoms with E-state index in [4.69, 9.17) is 5.84 Å². The van der Waals surface area contributed by atoms with Crippen LogP contribution in [0.4, 0.5) is 0 Å². The van der Waals surface area contributed by atoms with Gasteiger partial charge in [-0.15, -0.1) is 0 Å². The summed E-state index contributed by atoms with van der Waals surface area (Å²) in [5.41, 5.74) is -0.307. The number of aromatic amines is 1.